The Hall–Kier alpha value is -2.09. The van der Waals surface area contributed by atoms with Crippen LogP contribution in [0.15, 0.2) is 59.5 Å². The standard InChI is InChI=1S/C14H13ClN2O4S/c15-12-8-4-5-9-13(12)22(19,20)17-14(18)16-21-10-11-6-2-1-3-7-11/h1-9H,10H2,(H2,16,17,18). The van der Waals surface area contributed by atoms with Gasteiger partial charge in [0, 0.05) is 0 Å². The van der Waals surface area contributed by atoms with E-state index in [-0.39, 0.29) is 16.5 Å². The molecule has 0 aliphatic carbocycles. The lowest BCUT2D eigenvalue weighted by Gasteiger charge is -2.09. The molecule has 0 spiro atoms. The van der Waals surface area contributed by atoms with E-state index in [1.54, 1.807) is 18.2 Å². The molecule has 2 aromatic carbocycles. The van der Waals surface area contributed by atoms with Crippen LogP contribution in [-0.2, 0) is 21.5 Å². The second kappa shape index (κ2) is 7.26. The van der Waals surface area contributed by atoms with Crippen LogP contribution in [-0.4, -0.2) is 14.4 Å². The van der Waals surface area contributed by atoms with Gasteiger partial charge in [-0.2, -0.15) is 0 Å². The van der Waals surface area contributed by atoms with E-state index in [1.165, 1.54) is 18.2 Å². The molecule has 0 radical (unpaired) electrons. The van der Waals surface area contributed by atoms with Crippen molar-refractivity contribution in [2.45, 2.75) is 11.5 Å². The minimum atomic E-state index is -4.06. The van der Waals surface area contributed by atoms with Crippen LogP contribution < -0.4 is 10.2 Å². The molecule has 0 aromatic heterocycles. The SMILES string of the molecule is O=C(NOCc1ccccc1)NS(=O)(=O)c1ccccc1Cl. The number of halogens is 1. The van der Waals surface area contributed by atoms with E-state index in [2.05, 4.69) is 0 Å². The summed E-state index contributed by atoms with van der Waals surface area (Å²) >= 11 is 5.79. The molecular formula is C14H13ClN2O4S. The van der Waals surface area contributed by atoms with E-state index in [4.69, 9.17) is 16.4 Å². The van der Waals surface area contributed by atoms with E-state index < -0.39 is 16.1 Å². The molecule has 0 heterocycles. The first-order valence-electron chi connectivity index (χ1n) is 6.22. The maximum atomic E-state index is 12.0. The Kier molecular flexibility index (Phi) is 5.37. The lowest BCUT2D eigenvalue weighted by atomic mass is 10.2. The zero-order valence-corrected chi connectivity index (χ0v) is 12.9. The normalized spacial score (nSPS) is 11.0. The number of nitrogens with one attached hydrogen (secondary N) is 2. The molecule has 0 bridgehead atoms. The molecule has 0 fully saturated rings. The number of hydrogen-bond donors (Lipinski definition) is 2. The van der Waals surface area contributed by atoms with Crippen LogP contribution >= 0.6 is 11.6 Å². The molecule has 8 heteroatoms. The quantitative estimate of drug-likeness (QED) is 0.819. The number of amides is 2. The average Bonchev–Trinajstić information content (AvgIpc) is 2.48. The Balaban J connectivity index is 1.90. The first-order chi connectivity index (χ1) is 10.5. The predicted molar refractivity (Wildman–Crippen MR) is 81.5 cm³/mol. The second-order valence-corrected chi connectivity index (χ2v) is 6.30. The van der Waals surface area contributed by atoms with Crippen LogP contribution in [0.2, 0.25) is 5.02 Å². The van der Waals surface area contributed by atoms with Crippen LogP contribution in [0.5, 0.6) is 0 Å². The van der Waals surface area contributed by atoms with Gasteiger partial charge in [-0.05, 0) is 17.7 Å². The molecule has 0 unspecified atom stereocenters. The molecule has 22 heavy (non-hydrogen) atoms. The Morgan fingerprint density at radius 3 is 2.36 bits per heavy atom. The van der Waals surface area contributed by atoms with Gasteiger partial charge in [0.1, 0.15) is 4.90 Å². The smallest absolute Gasteiger partial charge is 0.267 e. The fourth-order valence-corrected chi connectivity index (χ4v) is 3.04. The van der Waals surface area contributed by atoms with Gasteiger partial charge in [-0.15, -0.1) is 0 Å². The van der Waals surface area contributed by atoms with Gasteiger partial charge >= 0.3 is 6.03 Å². The number of hydroxylamine groups is 1. The number of carbonyl (C=O) groups excluding carboxylic acids is 1. The highest BCUT2D eigenvalue weighted by Gasteiger charge is 2.20. The van der Waals surface area contributed by atoms with Gasteiger partial charge in [-0.3, -0.25) is 4.84 Å². The molecular weight excluding hydrogens is 328 g/mol. The summed E-state index contributed by atoms with van der Waals surface area (Å²) < 4.78 is 25.8. The summed E-state index contributed by atoms with van der Waals surface area (Å²) in [4.78, 5) is 16.3. The largest absolute Gasteiger partial charge is 0.352 e. The van der Waals surface area contributed by atoms with Crippen molar-refractivity contribution in [1.82, 2.24) is 10.2 Å². The molecule has 0 aliphatic rings. The van der Waals surface area contributed by atoms with E-state index in [1.807, 2.05) is 28.4 Å². The Morgan fingerprint density at radius 1 is 1.05 bits per heavy atom. The fourth-order valence-electron chi connectivity index (χ4n) is 1.62. The molecule has 0 atom stereocenters. The highest BCUT2D eigenvalue weighted by molar-refractivity contribution is 7.90. The summed E-state index contributed by atoms with van der Waals surface area (Å²) in [6.45, 7) is 0.112. The van der Waals surface area contributed by atoms with Crippen molar-refractivity contribution >= 4 is 27.7 Å². The summed E-state index contributed by atoms with van der Waals surface area (Å²) in [6.07, 6.45) is 0. The van der Waals surface area contributed by atoms with Crippen LogP contribution in [0.4, 0.5) is 4.79 Å². The number of hydrogen-bond acceptors (Lipinski definition) is 4. The van der Waals surface area contributed by atoms with Gasteiger partial charge in [0.25, 0.3) is 10.0 Å². The molecule has 6 nitrogen and oxygen atoms in total. The van der Waals surface area contributed by atoms with E-state index in [0.717, 1.165) is 5.56 Å². The fraction of sp³-hybridized carbons (Fsp3) is 0.0714. The van der Waals surface area contributed by atoms with Crippen molar-refractivity contribution < 1.29 is 18.0 Å². The summed E-state index contributed by atoms with van der Waals surface area (Å²) in [5.41, 5.74) is 2.83. The van der Waals surface area contributed by atoms with Gasteiger partial charge in [-0.1, -0.05) is 54.1 Å². The second-order valence-electron chi connectivity index (χ2n) is 4.24. The highest BCUT2D eigenvalue weighted by atomic mass is 35.5. The number of sulfonamides is 1. The topological polar surface area (TPSA) is 84.5 Å². The van der Waals surface area contributed by atoms with Crippen LogP contribution in [0.25, 0.3) is 0 Å². The third-order valence-corrected chi connectivity index (χ3v) is 4.43. The minimum absolute atomic E-state index is 0.0213. The number of benzene rings is 2. The third-order valence-electron chi connectivity index (χ3n) is 2.60. The molecule has 0 saturated carbocycles. The summed E-state index contributed by atoms with van der Waals surface area (Å²) in [5.74, 6) is 0. The summed E-state index contributed by atoms with van der Waals surface area (Å²) in [7, 11) is -4.06. The van der Waals surface area contributed by atoms with Crippen LogP contribution in [0.3, 0.4) is 0 Å². The predicted octanol–water partition coefficient (Wildman–Crippen LogP) is 2.46. The van der Waals surface area contributed by atoms with Crippen molar-refractivity contribution in [1.29, 1.82) is 0 Å². The minimum Gasteiger partial charge on any atom is -0.267 e. The molecule has 116 valence electrons. The average molecular weight is 341 g/mol. The van der Waals surface area contributed by atoms with Crippen molar-refractivity contribution in [3.63, 3.8) is 0 Å². The maximum absolute atomic E-state index is 12.0. The number of rotatable bonds is 5. The van der Waals surface area contributed by atoms with Gasteiger partial charge in [0.15, 0.2) is 0 Å². The van der Waals surface area contributed by atoms with E-state index in [0.29, 0.717) is 0 Å². The van der Waals surface area contributed by atoms with Crippen molar-refractivity contribution in [3.05, 3.63) is 65.2 Å². The monoisotopic (exact) mass is 340 g/mol. The van der Waals surface area contributed by atoms with Crippen molar-refractivity contribution in [2.24, 2.45) is 0 Å². The Morgan fingerprint density at radius 2 is 1.68 bits per heavy atom. The number of urea groups is 1. The lowest BCUT2D eigenvalue weighted by Crippen LogP contribution is -2.39. The molecule has 2 N–H and O–H groups in total. The molecule has 0 aliphatic heterocycles. The van der Waals surface area contributed by atoms with Gasteiger partial charge in [0.2, 0.25) is 0 Å². The Bertz CT molecular complexity index is 750. The summed E-state index contributed by atoms with van der Waals surface area (Å²) in [6, 6.07) is 13.9. The molecule has 2 amide bonds. The summed E-state index contributed by atoms with van der Waals surface area (Å²) in [5, 5.41) is 0.0213. The van der Waals surface area contributed by atoms with E-state index >= 15 is 0 Å². The van der Waals surface area contributed by atoms with Crippen molar-refractivity contribution in [3.8, 4) is 0 Å². The van der Waals surface area contributed by atoms with Crippen LogP contribution in [0, 0.1) is 0 Å². The van der Waals surface area contributed by atoms with Gasteiger partial charge in [0.05, 0.1) is 11.6 Å². The first kappa shape index (κ1) is 16.3. The van der Waals surface area contributed by atoms with Gasteiger partial charge < -0.3 is 0 Å². The molecule has 2 aromatic rings. The Labute approximate surface area is 133 Å². The maximum Gasteiger partial charge on any atom is 0.352 e. The van der Waals surface area contributed by atoms with Gasteiger partial charge in [-0.25, -0.2) is 23.4 Å². The zero-order chi connectivity index (χ0) is 16.0. The lowest BCUT2D eigenvalue weighted by molar-refractivity contribution is 0.0508. The molecule has 2 rings (SSSR count). The third kappa shape index (κ3) is 4.45. The highest BCUT2D eigenvalue weighted by Crippen LogP contribution is 2.19. The van der Waals surface area contributed by atoms with E-state index in [9.17, 15) is 13.2 Å². The molecule has 0 saturated heterocycles. The number of carbonyl (C=O) groups is 1. The zero-order valence-electron chi connectivity index (χ0n) is 11.3. The first-order valence-corrected chi connectivity index (χ1v) is 8.08. The van der Waals surface area contributed by atoms with Crippen LogP contribution in [0.1, 0.15) is 5.56 Å². The van der Waals surface area contributed by atoms with Crippen molar-refractivity contribution in [2.75, 3.05) is 0 Å².